The van der Waals surface area contributed by atoms with E-state index in [1.54, 1.807) is 0 Å². The van der Waals surface area contributed by atoms with Gasteiger partial charge >= 0.3 is 0 Å². The molecule has 0 unspecified atom stereocenters. The minimum atomic E-state index is -0.311. The molecule has 0 aliphatic rings. The smallest absolute Gasteiger partial charge is 0.217 e. The Labute approximate surface area is 98.2 Å². The van der Waals surface area contributed by atoms with Crippen LogP contribution >= 0.6 is 11.5 Å². The number of amides is 1. The molecule has 0 radical (unpaired) electrons. The summed E-state index contributed by atoms with van der Waals surface area (Å²) in [5, 5.41) is 3.87. The molecule has 3 N–H and O–H groups in total. The fourth-order valence-corrected chi connectivity index (χ4v) is 2.24. The molecule has 0 spiro atoms. The molecular formula is C10H15N3O2S. The predicted octanol–water partition coefficient (Wildman–Crippen LogP) is 1.33. The van der Waals surface area contributed by atoms with Gasteiger partial charge in [-0.25, -0.2) is 0 Å². The Morgan fingerprint density at radius 1 is 1.50 bits per heavy atom. The summed E-state index contributed by atoms with van der Waals surface area (Å²) in [6.45, 7) is 3.94. The summed E-state index contributed by atoms with van der Waals surface area (Å²) < 4.78 is 4.12. The highest BCUT2D eigenvalue weighted by molar-refractivity contribution is 7.10. The largest absolute Gasteiger partial charge is 0.375 e. The number of primary amides is 1. The molecule has 1 aromatic rings. The molecule has 1 rings (SSSR count). The van der Waals surface area contributed by atoms with Gasteiger partial charge in [-0.05, 0) is 31.8 Å². The SMILES string of the molecule is CC(=O)c1c(C)nsc1NCCCC(N)=O. The number of anilines is 1. The van der Waals surface area contributed by atoms with E-state index in [-0.39, 0.29) is 11.7 Å². The Morgan fingerprint density at radius 2 is 2.19 bits per heavy atom. The van der Waals surface area contributed by atoms with E-state index in [0.29, 0.717) is 24.9 Å². The van der Waals surface area contributed by atoms with Crippen LogP contribution in [0.1, 0.15) is 35.8 Å². The summed E-state index contributed by atoms with van der Waals surface area (Å²) in [5.41, 5.74) is 6.41. The molecular weight excluding hydrogens is 226 g/mol. The van der Waals surface area contributed by atoms with Gasteiger partial charge in [0.05, 0.1) is 11.3 Å². The number of carbonyl (C=O) groups is 2. The van der Waals surface area contributed by atoms with Gasteiger partial charge in [-0.2, -0.15) is 4.37 Å². The van der Waals surface area contributed by atoms with Crippen molar-refractivity contribution in [2.75, 3.05) is 11.9 Å². The van der Waals surface area contributed by atoms with Crippen LogP contribution in [0.25, 0.3) is 0 Å². The van der Waals surface area contributed by atoms with Crippen LogP contribution in [0.3, 0.4) is 0 Å². The Morgan fingerprint density at radius 3 is 2.75 bits per heavy atom. The minimum absolute atomic E-state index is 0.00338. The van der Waals surface area contributed by atoms with Gasteiger partial charge < -0.3 is 11.1 Å². The van der Waals surface area contributed by atoms with Crippen LogP contribution < -0.4 is 11.1 Å². The van der Waals surface area contributed by atoms with Gasteiger partial charge in [-0.1, -0.05) is 0 Å². The lowest BCUT2D eigenvalue weighted by atomic mass is 10.2. The van der Waals surface area contributed by atoms with Crippen molar-refractivity contribution in [3.63, 3.8) is 0 Å². The predicted molar refractivity (Wildman–Crippen MR) is 63.8 cm³/mol. The van der Waals surface area contributed by atoms with Gasteiger partial charge in [0.2, 0.25) is 5.91 Å². The third kappa shape index (κ3) is 3.30. The summed E-state index contributed by atoms with van der Waals surface area (Å²) in [6, 6.07) is 0. The fourth-order valence-electron chi connectivity index (χ4n) is 1.37. The zero-order valence-corrected chi connectivity index (χ0v) is 10.2. The van der Waals surface area contributed by atoms with Crippen molar-refractivity contribution in [3.8, 4) is 0 Å². The number of nitrogens with zero attached hydrogens (tertiary/aromatic N) is 1. The second kappa shape index (κ2) is 5.60. The number of ketones is 1. The molecule has 1 aromatic heterocycles. The van der Waals surface area contributed by atoms with Gasteiger partial charge in [-0.3, -0.25) is 9.59 Å². The first-order valence-corrected chi connectivity index (χ1v) is 5.79. The lowest BCUT2D eigenvalue weighted by molar-refractivity contribution is -0.118. The second-order valence-electron chi connectivity index (χ2n) is 3.52. The van der Waals surface area contributed by atoms with Crippen molar-refractivity contribution in [1.82, 2.24) is 4.37 Å². The van der Waals surface area contributed by atoms with E-state index in [2.05, 4.69) is 9.69 Å². The van der Waals surface area contributed by atoms with E-state index in [1.165, 1.54) is 18.5 Å². The van der Waals surface area contributed by atoms with E-state index < -0.39 is 0 Å². The van der Waals surface area contributed by atoms with Crippen molar-refractivity contribution >= 4 is 28.2 Å². The van der Waals surface area contributed by atoms with E-state index in [4.69, 9.17) is 5.73 Å². The van der Waals surface area contributed by atoms with Crippen LogP contribution in [0.15, 0.2) is 0 Å². The molecule has 0 aromatic carbocycles. The molecule has 6 heteroatoms. The normalized spacial score (nSPS) is 10.1. The molecule has 0 fully saturated rings. The maximum absolute atomic E-state index is 11.3. The molecule has 88 valence electrons. The molecule has 0 atom stereocenters. The Bertz CT molecular complexity index is 401. The number of Topliss-reactive ketones (excluding diaryl/α,β-unsaturated/α-hetero) is 1. The maximum atomic E-state index is 11.3. The molecule has 0 aliphatic carbocycles. The number of rotatable bonds is 6. The number of nitrogens with two attached hydrogens (primary N) is 1. The summed E-state index contributed by atoms with van der Waals surface area (Å²) in [4.78, 5) is 21.9. The third-order valence-electron chi connectivity index (χ3n) is 2.10. The van der Waals surface area contributed by atoms with Crippen LogP contribution in [0.5, 0.6) is 0 Å². The van der Waals surface area contributed by atoms with E-state index in [1.807, 2.05) is 6.92 Å². The van der Waals surface area contributed by atoms with E-state index >= 15 is 0 Å². The summed E-state index contributed by atoms with van der Waals surface area (Å²) in [7, 11) is 0. The van der Waals surface area contributed by atoms with Crippen LogP contribution in [-0.4, -0.2) is 22.6 Å². The molecule has 5 nitrogen and oxygen atoms in total. The Hall–Kier alpha value is -1.43. The molecule has 0 saturated heterocycles. The van der Waals surface area contributed by atoms with Crippen LogP contribution in [0.2, 0.25) is 0 Å². The van der Waals surface area contributed by atoms with Crippen molar-refractivity contribution in [1.29, 1.82) is 0 Å². The molecule has 0 aliphatic heterocycles. The molecule has 1 heterocycles. The van der Waals surface area contributed by atoms with Gasteiger partial charge in [-0.15, -0.1) is 0 Å². The number of aryl methyl sites for hydroxylation is 1. The maximum Gasteiger partial charge on any atom is 0.217 e. The van der Waals surface area contributed by atoms with Crippen molar-refractivity contribution < 1.29 is 9.59 Å². The minimum Gasteiger partial charge on any atom is -0.375 e. The van der Waals surface area contributed by atoms with Crippen LogP contribution in [0.4, 0.5) is 5.00 Å². The molecule has 1 amide bonds. The average molecular weight is 241 g/mol. The van der Waals surface area contributed by atoms with E-state index in [9.17, 15) is 9.59 Å². The molecule has 0 bridgehead atoms. The van der Waals surface area contributed by atoms with Crippen molar-refractivity contribution in [2.45, 2.75) is 26.7 Å². The highest BCUT2D eigenvalue weighted by Crippen LogP contribution is 2.24. The highest BCUT2D eigenvalue weighted by Gasteiger charge is 2.14. The topological polar surface area (TPSA) is 85.1 Å². The zero-order valence-electron chi connectivity index (χ0n) is 9.37. The van der Waals surface area contributed by atoms with Gasteiger partial charge in [0.25, 0.3) is 0 Å². The van der Waals surface area contributed by atoms with Crippen molar-refractivity contribution in [3.05, 3.63) is 11.3 Å². The number of carbonyl (C=O) groups excluding carboxylic acids is 2. The van der Waals surface area contributed by atoms with Crippen molar-refractivity contribution in [2.24, 2.45) is 5.73 Å². The van der Waals surface area contributed by atoms with Gasteiger partial charge in [0.1, 0.15) is 5.00 Å². The second-order valence-corrected chi connectivity index (χ2v) is 4.30. The number of nitrogens with one attached hydrogen (secondary N) is 1. The van der Waals surface area contributed by atoms with Gasteiger partial charge in [0.15, 0.2) is 5.78 Å². The summed E-state index contributed by atoms with van der Waals surface area (Å²) in [5.74, 6) is -0.308. The molecule has 0 saturated carbocycles. The van der Waals surface area contributed by atoms with Gasteiger partial charge in [0, 0.05) is 13.0 Å². The van der Waals surface area contributed by atoms with Crippen LogP contribution in [-0.2, 0) is 4.79 Å². The Balaban J connectivity index is 2.54. The number of aromatic nitrogens is 1. The number of hydrogen-bond donors (Lipinski definition) is 2. The zero-order chi connectivity index (χ0) is 12.1. The summed E-state index contributed by atoms with van der Waals surface area (Å²) >= 11 is 1.27. The first kappa shape index (κ1) is 12.6. The average Bonchev–Trinajstić information content (AvgIpc) is 2.54. The third-order valence-corrected chi connectivity index (χ3v) is 3.00. The lowest BCUT2D eigenvalue weighted by Crippen LogP contribution is -2.13. The summed E-state index contributed by atoms with van der Waals surface area (Å²) in [6.07, 6.45) is 1.00. The van der Waals surface area contributed by atoms with E-state index in [0.717, 1.165) is 10.7 Å². The lowest BCUT2D eigenvalue weighted by Gasteiger charge is -2.04. The fraction of sp³-hybridized carbons (Fsp3) is 0.500. The quantitative estimate of drug-likeness (QED) is 0.581. The standard InChI is InChI=1S/C10H15N3O2S/c1-6-9(7(2)14)10(16-13-6)12-5-3-4-8(11)15/h12H,3-5H2,1-2H3,(H2,11,15). The monoisotopic (exact) mass is 241 g/mol. The number of hydrogen-bond acceptors (Lipinski definition) is 5. The molecule has 16 heavy (non-hydrogen) atoms. The first-order valence-electron chi connectivity index (χ1n) is 5.01. The highest BCUT2D eigenvalue weighted by atomic mass is 32.1. The van der Waals surface area contributed by atoms with Crippen LogP contribution in [0, 0.1) is 6.92 Å². The first-order chi connectivity index (χ1) is 7.52. The Kier molecular flexibility index (Phi) is 4.42.